The van der Waals surface area contributed by atoms with Gasteiger partial charge in [-0.05, 0) is 25.8 Å². The predicted octanol–water partition coefficient (Wildman–Crippen LogP) is 1.20. The Kier molecular flexibility index (Phi) is 3.43. The van der Waals surface area contributed by atoms with E-state index in [4.69, 9.17) is 10.9 Å². The number of nitrogens with two attached hydrogens (primary N) is 1. The molecule has 0 aromatic rings. The Hall–Kier alpha value is -0.980. The van der Waals surface area contributed by atoms with E-state index in [2.05, 4.69) is 10.5 Å². The summed E-state index contributed by atoms with van der Waals surface area (Å²) in [6.07, 6.45) is -3.19. The van der Waals surface area contributed by atoms with Gasteiger partial charge in [0.1, 0.15) is 11.4 Å². The van der Waals surface area contributed by atoms with Crippen LogP contribution in [0, 0.1) is 0 Å². The van der Waals surface area contributed by atoms with E-state index in [1.807, 2.05) is 0 Å². The average molecular weight is 225 g/mol. The van der Waals surface area contributed by atoms with Gasteiger partial charge >= 0.3 is 6.18 Å². The number of hydrogen-bond donors (Lipinski definition) is 3. The summed E-state index contributed by atoms with van der Waals surface area (Å²) in [4.78, 5) is 0. The van der Waals surface area contributed by atoms with Crippen molar-refractivity contribution in [2.45, 2.75) is 37.4 Å². The molecule has 1 aliphatic carbocycles. The molecule has 0 aliphatic heterocycles. The molecule has 0 atom stereocenters. The second kappa shape index (κ2) is 4.26. The van der Waals surface area contributed by atoms with E-state index in [1.54, 1.807) is 0 Å². The number of hydrogen-bond acceptors (Lipinski definition) is 3. The lowest BCUT2D eigenvalue weighted by Gasteiger charge is -2.20. The van der Waals surface area contributed by atoms with E-state index in [1.165, 1.54) is 0 Å². The van der Waals surface area contributed by atoms with E-state index in [-0.39, 0.29) is 31.6 Å². The molecule has 0 aromatic heterocycles. The molecule has 88 valence electrons. The fourth-order valence-corrected chi connectivity index (χ4v) is 1.33. The molecule has 1 aliphatic rings. The second-order valence-electron chi connectivity index (χ2n) is 3.70. The van der Waals surface area contributed by atoms with Crippen molar-refractivity contribution >= 4 is 5.84 Å². The summed E-state index contributed by atoms with van der Waals surface area (Å²) < 4.78 is 37.2. The molecule has 1 fully saturated rings. The summed E-state index contributed by atoms with van der Waals surface area (Å²) in [5.41, 5.74) is 3.51. The number of rotatable bonds is 5. The molecule has 1 saturated carbocycles. The molecule has 7 heteroatoms. The van der Waals surface area contributed by atoms with Crippen LogP contribution in [0.3, 0.4) is 0 Å². The van der Waals surface area contributed by atoms with Crippen molar-refractivity contribution in [1.29, 1.82) is 0 Å². The molecule has 15 heavy (non-hydrogen) atoms. The maximum atomic E-state index is 12.4. The zero-order valence-corrected chi connectivity index (χ0v) is 8.14. The van der Waals surface area contributed by atoms with Crippen molar-refractivity contribution in [2.75, 3.05) is 6.54 Å². The van der Waals surface area contributed by atoms with Gasteiger partial charge in [-0.15, -0.1) is 0 Å². The van der Waals surface area contributed by atoms with Crippen LogP contribution in [0.4, 0.5) is 13.2 Å². The highest BCUT2D eigenvalue weighted by molar-refractivity contribution is 5.79. The van der Waals surface area contributed by atoms with Crippen molar-refractivity contribution in [3.8, 4) is 0 Å². The molecule has 0 amide bonds. The minimum Gasteiger partial charge on any atom is -0.409 e. The highest BCUT2D eigenvalue weighted by atomic mass is 19.4. The summed E-state index contributed by atoms with van der Waals surface area (Å²) in [6.45, 7) is 0.218. The van der Waals surface area contributed by atoms with Gasteiger partial charge in [-0.1, -0.05) is 5.16 Å². The molecule has 4 nitrogen and oxygen atoms in total. The number of halogens is 3. The second-order valence-corrected chi connectivity index (χ2v) is 3.70. The first kappa shape index (κ1) is 12.1. The third kappa shape index (κ3) is 2.98. The number of nitrogens with one attached hydrogen (secondary N) is 1. The van der Waals surface area contributed by atoms with Gasteiger partial charge in [-0.25, -0.2) is 0 Å². The first-order chi connectivity index (χ1) is 6.91. The topological polar surface area (TPSA) is 70.6 Å². The normalized spacial score (nSPS) is 20.3. The summed E-state index contributed by atoms with van der Waals surface area (Å²) in [6, 6.07) is 0. The van der Waals surface area contributed by atoms with E-state index in [0.29, 0.717) is 6.42 Å². The first-order valence-electron chi connectivity index (χ1n) is 4.69. The van der Waals surface area contributed by atoms with Crippen LogP contribution in [0.25, 0.3) is 0 Å². The van der Waals surface area contributed by atoms with Crippen LogP contribution >= 0.6 is 0 Å². The van der Waals surface area contributed by atoms with Crippen molar-refractivity contribution in [3.05, 3.63) is 0 Å². The standard InChI is InChI=1S/C8H14F3N3O/c9-8(10,11)7(3-4-7)13-5-1-2-6(12)14-15/h13,15H,1-5H2,(H2,12,14). The molecule has 0 radical (unpaired) electrons. The zero-order valence-electron chi connectivity index (χ0n) is 8.14. The molecule has 0 bridgehead atoms. The Morgan fingerprint density at radius 3 is 2.47 bits per heavy atom. The maximum absolute atomic E-state index is 12.4. The lowest BCUT2D eigenvalue weighted by Crippen LogP contribution is -2.45. The van der Waals surface area contributed by atoms with Gasteiger partial charge in [0, 0.05) is 6.42 Å². The fourth-order valence-electron chi connectivity index (χ4n) is 1.33. The first-order valence-corrected chi connectivity index (χ1v) is 4.69. The third-order valence-corrected chi connectivity index (χ3v) is 2.49. The van der Waals surface area contributed by atoms with Crippen LogP contribution in [0.1, 0.15) is 25.7 Å². The Labute approximate surface area is 85.3 Å². The molecule has 1 rings (SSSR count). The SMILES string of the molecule is NC(CCCNC1(C(F)(F)F)CC1)=NO. The largest absolute Gasteiger partial charge is 0.409 e. The van der Waals surface area contributed by atoms with Gasteiger partial charge in [-0.3, -0.25) is 0 Å². The van der Waals surface area contributed by atoms with Gasteiger partial charge in [-0.2, -0.15) is 13.2 Å². The lowest BCUT2D eigenvalue weighted by molar-refractivity contribution is -0.165. The van der Waals surface area contributed by atoms with E-state index in [0.717, 1.165) is 0 Å². The summed E-state index contributed by atoms with van der Waals surface area (Å²) in [5.74, 6) is 0.0358. The molecule has 0 saturated heterocycles. The molecule has 0 unspecified atom stereocenters. The Bertz CT molecular complexity index is 248. The summed E-state index contributed by atoms with van der Waals surface area (Å²) >= 11 is 0. The van der Waals surface area contributed by atoms with E-state index in [9.17, 15) is 13.2 Å². The zero-order chi connectivity index (χ0) is 11.5. The van der Waals surface area contributed by atoms with Gasteiger partial charge in [0.25, 0.3) is 0 Å². The summed E-state index contributed by atoms with van der Waals surface area (Å²) in [5, 5.41) is 13.4. The Morgan fingerprint density at radius 2 is 2.07 bits per heavy atom. The van der Waals surface area contributed by atoms with Crippen LogP contribution in [0.15, 0.2) is 5.16 Å². The number of nitrogens with zero attached hydrogens (tertiary/aromatic N) is 1. The van der Waals surface area contributed by atoms with Crippen LogP contribution in [0.2, 0.25) is 0 Å². The number of oxime groups is 1. The molecule has 0 heterocycles. The highest BCUT2D eigenvalue weighted by Gasteiger charge is 2.62. The Morgan fingerprint density at radius 1 is 1.47 bits per heavy atom. The van der Waals surface area contributed by atoms with Crippen molar-refractivity contribution in [3.63, 3.8) is 0 Å². The number of amidine groups is 1. The molecule has 0 aromatic carbocycles. The summed E-state index contributed by atoms with van der Waals surface area (Å²) in [7, 11) is 0. The molecule has 0 spiro atoms. The van der Waals surface area contributed by atoms with Gasteiger partial charge in [0.2, 0.25) is 0 Å². The maximum Gasteiger partial charge on any atom is 0.406 e. The smallest absolute Gasteiger partial charge is 0.406 e. The molecular weight excluding hydrogens is 211 g/mol. The monoisotopic (exact) mass is 225 g/mol. The number of alkyl halides is 3. The lowest BCUT2D eigenvalue weighted by atomic mass is 10.2. The van der Waals surface area contributed by atoms with Gasteiger partial charge in [0.05, 0.1) is 0 Å². The average Bonchev–Trinajstić information content (AvgIpc) is 2.92. The van der Waals surface area contributed by atoms with Crippen molar-refractivity contribution in [2.24, 2.45) is 10.9 Å². The van der Waals surface area contributed by atoms with Crippen LogP contribution < -0.4 is 11.1 Å². The van der Waals surface area contributed by atoms with Crippen LogP contribution in [-0.2, 0) is 0 Å². The van der Waals surface area contributed by atoms with E-state index < -0.39 is 11.7 Å². The highest BCUT2D eigenvalue weighted by Crippen LogP contribution is 2.48. The minimum absolute atomic E-state index is 0.0358. The van der Waals surface area contributed by atoms with Gasteiger partial charge < -0.3 is 16.3 Å². The van der Waals surface area contributed by atoms with Crippen LogP contribution in [0.5, 0.6) is 0 Å². The van der Waals surface area contributed by atoms with Crippen molar-refractivity contribution in [1.82, 2.24) is 5.32 Å². The van der Waals surface area contributed by atoms with Gasteiger partial charge in [0.15, 0.2) is 0 Å². The molecule has 4 N–H and O–H groups in total. The quantitative estimate of drug-likeness (QED) is 0.216. The third-order valence-electron chi connectivity index (χ3n) is 2.49. The van der Waals surface area contributed by atoms with E-state index >= 15 is 0 Å². The minimum atomic E-state index is -4.18. The predicted molar refractivity (Wildman–Crippen MR) is 48.7 cm³/mol. The fraction of sp³-hybridized carbons (Fsp3) is 0.875. The van der Waals surface area contributed by atoms with Crippen LogP contribution in [-0.4, -0.2) is 29.3 Å². The Balaban J connectivity index is 2.21. The van der Waals surface area contributed by atoms with Crippen molar-refractivity contribution < 1.29 is 18.4 Å². The molecular formula is C8H14F3N3O.